The van der Waals surface area contributed by atoms with Crippen molar-refractivity contribution in [3.05, 3.63) is 88.4 Å². The second kappa shape index (κ2) is 9.24. The van der Waals surface area contributed by atoms with Crippen molar-refractivity contribution in [3.8, 4) is 5.75 Å². The molecule has 1 amide bonds. The fraction of sp³-hybridized carbons (Fsp3) is 0.136. The van der Waals surface area contributed by atoms with E-state index in [1.807, 2.05) is 66.7 Å². The lowest BCUT2D eigenvalue weighted by molar-refractivity contribution is -0.114. The molecular formula is C22H21BrN2O2. The fourth-order valence-corrected chi connectivity index (χ4v) is 3.04. The van der Waals surface area contributed by atoms with Gasteiger partial charge >= 0.3 is 0 Å². The topological polar surface area (TPSA) is 50.4 Å². The van der Waals surface area contributed by atoms with E-state index >= 15 is 0 Å². The van der Waals surface area contributed by atoms with E-state index in [1.165, 1.54) is 6.92 Å². The summed E-state index contributed by atoms with van der Waals surface area (Å²) in [6.07, 6.45) is 0. The molecule has 0 heterocycles. The van der Waals surface area contributed by atoms with E-state index in [4.69, 9.17) is 4.74 Å². The Balaban J connectivity index is 1.65. The van der Waals surface area contributed by atoms with E-state index in [1.54, 1.807) is 0 Å². The van der Waals surface area contributed by atoms with Crippen LogP contribution in [-0.2, 0) is 17.9 Å². The fourth-order valence-electron chi connectivity index (χ4n) is 2.63. The number of ether oxygens (including phenoxy) is 1. The van der Waals surface area contributed by atoms with Crippen LogP contribution in [0.15, 0.2) is 77.3 Å². The number of amides is 1. The maximum absolute atomic E-state index is 11.1. The lowest BCUT2D eigenvalue weighted by Gasteiger charge is -2.14. The SMILES string of the molecule is CC(=O)Nc1ccc(NCc2cc(Br)ccc2OCc2ccccc2)cc1. The van der Waals surface area contributed by atoms with Gasteiger partial charge in [0, 0.05) is 34.9 Å². The quantitative estimate of drug-likeness (QED) is 0.518. The first-order valence-electron chi connectivity index (χ1n) is 8.67. The molecule has 138 valence electrons. The minimum atomic E-state index is -0.0787. The van der Waals surface area contributed by atoms with Crippen LogP contribution in [0.3, 0.4) is 0 Å². The van der Waals surface area contributed by atoms with E-state index in [0.29, 0.717) is 13.2 Å². The third-order valence-electron chi connectivity index (χ3n) is 3.95. The lowest BCUT2D eigenvalue weighted by Crippen LogP contribution is -2.06. The third-order valence-corrected chi connectivity index (χ3v) is 4.44. The molecule has 0 radical (unpaired) electrons. The Hall–Kier alpha value is -2.79. The number of halogens is 1. The molecule has 3 aromatic rings. The molecule has 3 aromatic carbocycles. The van der Waals surface area contributed by atoms with Gasteiger partial charge in [0.2, 0.25) is 5.91 Å². The Bertz CT molecular complexity index is 896. The smallest absolute Gasteiger partial charge is 0.221 e. The maximum Gasteiger partial charge on any atom is 0.221 e. The van der Waals surface area contributed by atoms with Crippen molar-refractivity contribution in [2.75, 3.05) is 10.6 Å². The summed E-state index contributed by atoms with van der Waals surface area (Å²) in [5.74, 6) is 0.773. The van der Waals surface area contributed by atoms with Crippen LogP contribution < -0.4 is 15.4 Å². The molecule has 5 heteroatoms. The number of benzene rings is 3. The number of carbonyl (C=O) groups is 1. The molecule has 0 aromatic heterocycles. The van der Waals surface area contributed by atoms with Crippen LogP contribution in [-0.4, -0.2) is 5.91 Å². The first-order valence-corrected chi connectivity index (χ1v) is 9.46. The van der Waals surface area contributed by atoms with Crippen LogP contribution in [0.25, 0.3) is 0 Å². The van der Waals surface area contributed by atoms with Gasteiger partial charge < -0.3 is 15.4 Å². The maximum atomic E-state index is 11.1. The largest absolute Gasteiger partial charge is 0.489 e. The van der Waals surface area contributed by atoms with Gasteiger partial charge in [-0.05, 0) is 48.0 Å². The molecule has 27 heavy (non-hydrogen) atoms. The number of anilines is 2. The van der Waals surface area contributed by atoms with E-state index in [9.17, 15) is 4.79 Å². The highest BCUT2D eigenvalue weighted by atomic mass is 79.9. The van der Waals surface area contributed by atoms with Gasteiger partial charge in [0.1, 0.15) is 12.4 Å². The van der Waals surface area contributed by atoms with E-state index < -0.39 is 0 Å². The van der Waals surface area contributed by atoms with Crippen LogP contribution in [0.1, 0.15) is 18.1 Å². The van der Waals surface area contributed by atoms with Gasteiger partial charge in [-0.2, -0.15) is 0 Å². The predicted molar refractivity (Wildman–Crippen MR) is 113 cm³/mol. The van der Waals surface area contributed by atoms with Gasteiger partial charge in [0.15, 0.2) is 0 Å². The summed E-state index contributed by atoms with van der Waals surface area (Å²) in [6.45, 7) is 2.65. The van der Waals surface area contributed by atoms with Gasteiger partial charge in [-0.3, -0.25) is 4.79 Å². The number of carbonyl (C=O) groups excluding carboxylic acids is 1. The van der Waals surface area contributed by atoms with E-state index in [-0.39, 0.29) is 5.91 Å². The molecule has 4 nitrogen and oxygen atoms in total. The summed E-state index contributed by atoms with van der Waals surface area (Å²) in [5.41, 5.74) is 3.94. The molecule has 0 aliphatic carbocycles. The van der Waals surface area contributed by atoms with Crippen LogP contribution in [0, 0.1) is 0 Å². The molecular weight excluding hydrogens is 404 g/mol. The van der Waals surface area contributed by atoms with Crippen molar-refractivity contribution in [2.45, 2.75) is 20.1 Å². The number of hydrogen-bond donors (Lipinski definition) is 2. The van der Waals surface area contributed by atoms with Gasteiger partial charge in [-0.1, -0.05) is 46.3 Å². The minimum Gasteiger partial charge on any atom is -0.489 e. The number of hydrogen-bond acceptors (Lipinski definition) is 3. The summed E-state index contributed by atoms with van der Waals surface area (Å²) in [5, 5.41) is 6.16. The summed E-state index contributed by atoms with van der Waals surface area (Å²) >= 11 is 3.53. The van der Waals surface area contributed by atoms with Gasteiger partial charge in [0.05, 0.1) is 0 Å². The van der Waals surface area contributed by atoms with Crippen LogP contribution in [0.4, 0.5) is 11.4 Å². The number of rotatable bonds is 7. The van der Waals surface area contributed by atoms with Gasteiger partial charge in [-0.25, -0.2) is 0 Å². The van der Waals surface area contributed by atoms with Gasteiger partial charge in [-0.15, -0.1) is 0 Å². The Labute approximate surface area is 167 Å². The standard InChI is InChI=1S/C22H21BrN2O2/c1-16(26)25-21-10-8-20(9-11-21)24-14-18-13-19(23)7-12-22(18)27-15-17-5-3-2-4-6-17/h2-13,24H,14-15H2,1H3,(H,25,26). The number of nitrogens with one attached hydrogen (secondary N) is 2. The first-order chi connectivity index (χ1) is 13.1. The highest BCUT2D eigenvalue weighted by molar-refractivity contribution is 9.10. The highest BCUT2D eigenvalue weighted by Gasteiger charge is 2.06. The second-order valence-corrected chi connectivity index (χ2v) is 7.05. The molecule has 0 unspecified atom stereocenters. The highest BCUT2D eigenvalue weighted by Crippen LogP contribution is 2.25. The average Bonchev–Trinajstić information content (AvgIpc) is 2.67. The first kappa shape index (κ1) is 19.0. The lowest BCUT2D eigenvalue weighted by atomic mass is 10.2. The van der Waals surface area contributed by atoms with Crippen LogP contribution in [0.2, 0.25) is 0 Å². The average molecular weight is 425 g/mol. The molecule has 0 aliphatic heterocycles. The van der Waals surface area contributed by atoms with Gasteiger partial charge in [0.25, 0.3) is 0 Å². The molecule has 0 fully saturated rings. The second-order valence-electron chi connectivity index (χ2n) is 6.14. The zero-order valence-corrected chi connectivity index (χ0v) is 16.6. The van der Waals surface area contributed by atoms with E-state index in [2.05, 4.69) is 32.6 Å². The molecule has 0 aliphatic rings. The van der Waals surface area contributed by atoms with Crippen molar-refractivity contribution in [1.82, 2.24) is 0 Å². The normalized spacial score (nSPS) is 10.3. The third kappa shape index (κ3) is 5.86. The summed E-state index contributed by atoms with van der Waals surface area (Å²) < 4.78 is 7.03. The zero-order chi connectivity index (χ0) is 19.1. The molecule has 0 spiro atoms. The Morgan fingerprint density at radius 3 is 2.37 bits per heavy atom. The molecule has 0 saturated heterocycles. The van der Waals surface area contributed by atoms with Crippen LogP contribution >= 0.6 is 15.9 Å². The van der Waals surface area contributed by atoms with Crippen molar-refractivity contribution in [3.63, 3.8) is 0 Å². The monoisotopic (exact) mass is 424 g/mol. The van der Waals surface area contributed by atoms with Crippen molar-refractivity contribution >= 4 is 33.2 Å². The summed E-state index contributed by atoms with van der Waals surface area (Å²) in [4.78, 5) is 11.1. The summed E-state index contributed by atoms with van der Waals surface area (Å²) in [7, 11) is 0. The molecule has 0 saturated carbocycles. The Morgan fingerprint density at radius 2 is 1.67 bits per heavy atom. The van der Waals surface area contributed by atoms with Crippen molar-refractivity contribution < 1.29 is 9.53 Å². The van der Waals surface area contributed by atoms with E-state index in [0.717, 1.165) is 32.7 Å². The Morgan fingerprint density at radius 1 is 0.963 bits per heavy atom. The molecule has 3 rings (SSSR count). The van der Waals surface area contributed by atoms with Crippen molar-refractivity contribution in [1.29, 1.82) is 0 Å². The van der Waals surface area contributed by atoms with Crippen molar-refractivity contribution in [2.24, 2.45) is 0 Å². The summed E-state index contributed by atoms with van der Waals surface area (Å²) in [6, 6.07) is 23.7. The molecule has 0 atom stereocenters. The van der Waals surface area contributed by atoms with Crippen LogP contribution in [0.5, 0.6) is 5.75 Å². The molecule has 0 bridgehead atoms. The minimum absolute atomic E-state index is 0.0787. The zero-order valence-electron chi connectivity index (χ0n) is 15.0. The molecule has 2 N–H and O–H groups in total. The predicted octanol–water partition coefficient (Wildman–Crippen LogP) is 5.60. The Kier molecular flexibility index (Phi) is 6.49.